The number of para-hydroxylation sites is 1. The van der Waals surface area contributed by atoms with Crippen molar-refractivity contribution in [3.8, 4) is 5.75 Å². The zero-order valence-electron chi connectivity index (χ0n) is 8.89. The van der Waals surface area contributed by atoms with E-state index in [1.54, 1.807) is 36.4 Å². The number of esters is 1. The first-order valence-electron chi connectivity index (χ1n) is 5.03. The molecule has 17 heavy (non-hydrogen) atoms. The van der Waals surface area contributed by atoms with Crippen molar-refractivity contribution in [2.45, 2.75) is 0 Å². The minimum Gasteiger partial charge on any atom is -0.423 e. The molecule has 86 valence electrons. The van der Waals surface area contributed by atoms with E-state index in [0.717, 1.165) is 5.69 Å². The first-order chi connectivity index (χ1) is 8.29. The molecule has 0 aromatic heterocycles. The predicted molar refractivity (Wildman–Crippen MR) is 67.3 cm³/mol. The van der Waals surface area contributed by atoms with Gasteiger partial charge in [0.1, 0.15) is 5.75 Å². The fourth-order valence-electron chi connectivity index (χ4n) is 1.32. The van der Waals surface area contributed by atoms with Gasteiger partial charge in [-0.3, -0.25) is 4.84 Å². The summed E-state index contributed by atoms with van der Waals surface area (Å²) >= 11 is 5.42. The molecular weight excluding hydrogens is 238 g/mol. The van der Waals surface area contributed by atoms with E-state index in [4.69, 9.17) is 16.5 Å². The van der Waals surface area contributed by atoms with Crippen LogP contribution in [-0.2, 0) is 0 Å². The van der Waals surface area contributed by atoms with Crippen molar-refractivity contribution in [1.29, 1.82) is 0 Å². The van der Waals surface area contributed by atoms with Crippen LogP contribution in [0, 0.1) is 0 Å². The third-order valence-corrected chi connectivity index (χ3v) is 2.40. The molecule has 0 radical (unpaired) electrons. The number of hydrogen-bond acceptors (Lipinski definition) is 3. The van der Waals surface area contributed by atoms with Gasteiger partial charge in [0.25, 0.3) is 0 Å². The Morgan fingerprint density at radius 1 is 1.00 bits per heavy atom. The van der Waals surface area contributed by atoms with E-state index < -0.39 is 5.97 Å². The highest BCUT2D eigenvalue weighted by Crippen LogP contribution is 2.14. The van der Waals surface area contributed by atoms with Gasteiger partial charge in [-0.2, -0.15) is 0 Å². The van der Waals surface area contributed by atoms with Gasteiger partial charge in [0.2, 0.25) is 0 Å². The Balaban J connectivity index is 2.09. The highest BCUT2D eigenvalue weighted by Gasteiger charge is 2.07. The molecule has 0 saturated heterocycles. The van der Waals surface area contributed by atoms with Crippen molar-refractivity contribution < 1.29 is 9.53 Å². The zero-order chi connectivity index (χ0) is 12.1. The molecule has 3 nitrogen and oxygen atoms in total. The maximum atomic E-state index is 11.7. The summed E-state index contributed by atoms with van der Waals surface area (Å²) in [5, 5.41) is 0. The minimum absolute atomic E-state index is 0.391. The highest BCUT2D eigenvalue weighted by atomic mass is 35.5. The van der Waals surface area contributed by atoms with Gasteiger partial charge in [0.05, 0.1) is 5.56 Å². The van der Waals surface area contributed by atoms with Gasteiger partial charge in [-0.15, -0.1) is 0 Å². The van der Waals surface area contributed by atoms with Crippen molar-refractivity contribution in [3.63, 3.8) is 0 Å². The Labute approximate surface area is 104 Å². The number of nitrogens with one attached hydrogen (secondary N) is 1. The van der Waals surface area contributed by atoms with Crippen LogP contribution in [-0.4, -0.2) is 5.97 Å². The first-order valence-corrected chi connectivity index (χ1v) is 5.41. The summed E-state index contributed by atoms with van der Waals surface area (Å²) < 4.78 is 5.18. The number of anilines is 1. The number of halogens is 1. The van der Waals surface area contributed by atoms with Crippen LogP contribution in [0.1, 0.15) is 10.4 Å². The molecule has 0 aliphatic heterocycles. The molecular formula is C13H10ClNO2. The van der Waals surface area contributed by atoms with Crippen LogP contribution in [0.4, 0.5) is 5.69 Å². The molecule has 0 aliphatic rings. The monoisotopic (exact) mass is 247 g/mol. The zero-order valence-corrected chi connectivity index (χ0v) is 9.65. The van der Waals surface area contributed by atoms with E-state index in [2.05, 4.69) is 4.84 Å². The quantitative estimate of drug-likeness (QED) is 0.513. The molecule has 0 atom stereocenters. The van der Waals surface area contributed by atoms with Gasteiger partial charge in [0.15, 0.2) is 0 Å². The van der Waals surface area contributed by atoms with E-state index >= 15 is 0 Å². The first kappa shape index (κ1) is 11.5. The topological polar surface area (TPSA) is 38.3 Å². The molecule has 0 unspecified atom stereocenters. The van der Waals surface area contributed by atoms with Crippen molar-refractivity contribution in [2.75, 3.05) is 4.84 Å². The Hall–Kier alpha value is -2.00. The third kappa shape index (κ3) is 2.98. The van der Waals surface area contributed by atoms with Gasteiger partial charge in [0, 0.05) is 17.5 Å². The summed E-state index contributed by atoms with van der Waals surface area (Å²) in [6, 6.07) is 15.6. The van der Waals surface area contributed by atoms with Crippen LogP contribution in [0.15, 0.2) is 54.6 Å². The second-order valence-electron chi connectivity index (χ2n) is 3.37. The average Bonchev–Trinajstić information content (AvgIpc) is 2.40. The Bertz CT molecular complexity index is 497. The minimum atomic E-state index is -0.391. The number of carbonyl (C=O) groups is 1. The molecule has 4 heteroatoms. The van der Waals surface area contributed by atoms with Gasteiger partial charge in [-0.25, -0.2) is 4.79 Å². The molecule has 0 saturated carbocycles. The summed E-state index contributed by atoms with van der Waals surface area (Å²) in [6.07, 6.45) is 0. The summed E-state index contributed by atoms with van der Waals surface area (Å²) in [7, 11) is 0. The lowest BCUT2D eigenvalue weighted by Gasteiger charge is -2.04. The lowest BCUT2D eigenvalue weighted by molar-refractivity contribution is 0.0735. The largest absolute Gasteiger partial charge is 0.423 e. The fraction of sp³-hybridized carbons (Fsp3) is 0. The molecule has 0 aliphatic carbocycles. The molecule has 2 aromatic carbocycles. The van der Waals surface area contributed by atoms with E-state index in [1.165, 1.54) is 0 Å². The van der Waals surface area contributed by atoms with E-state index in [9.17, 15) is 4.79 Å². The summed E-state index contributed by atoms with van der Waals surface area (Å²) in [4.78, 5) is 14.2. The van der Waals surface area contributed by atoms with Crippen molar-refractivity contribution in [2.24, 2.45) is 0 Å². The standard InChI is InChI=1S/C13H10ClNO2/c14-15-11-8-6-10(7-9-11)13(16)17-12-4-2-1-3-5-12/h1-9,15H. The van der Waals surface area contributed by atoms with Crippen LogP contribution >= 0.6 is 11.8 Å². The Kier molecular flexibility index (Phi) is 3.62. The lowest BCUT2D eigenvalue weighted by atomic mass is 10.2. The second-order valence-corrected chi connectivity index (χ2v) is 3.56. The SMILES string of the molecule is O=C(Oc1ccccc1)c1ccc(NCl)cc1. The van der Waals surface area contributed by atoms with E-state index in [0.29, 0.717) is 11.3 Å². The molecule has 0 bridgehead atoms. The van der Waals surface area contributed by atoms with Crippen molar-refractivity contribution >= 4 is 23.4 Å². The maximum Gasteiger partial charge on any atom is 0.343 e. The van der Waals surface area contributed by atoms with Crippen LogP contribution < -0.4 is 9.57 Å². The van der Waals surface area contributed by atoms with E-state index in [1.807, 2.05) is 18.2 Å². The Morgan fingerprint density at radius 3 is 2.24 bits per heavy atom. The number of benzene rings is 2. The normalized spacial score (nSPS) is 9.71. The van der Waals surface area contributed by atoms with Gasteiger partial charge in [-0.05, 0) is 36.4 Å². The molecule has 0 fully saturated rings. The summed E-state index contributed by atoms with van der Waals surface area (Å²) in [6.45, 7) is 0. The maximum absolute atomic E-state index is 11.7. The number of rotatable bonds is 3. The van der Waals surface area contributed by atoms with Gasteiger partial charge >= 0.3 is 5.97 Å². The molecule has 1 N–H and O–H groups in total. The molecule has 2 rings (SSSR count). The van der Waals surface area contributed by atoms with Crippen LogP contribution in [0.3, 0.4) is 0 Å². The molecule has 2 aromatic rings. The average molecular weight is 248 g/mol. The van der Waals surface area contributed by atoms with E-state index in [-0.39, 0.29) is 0 Å². The molecule has 0 spiro atoms. The lowest BCUT2D eigenvalue weighted by Crippen LogP contribution is -2.08. The van der Waals surface area contributed by atoms with Crippen LogP contribution in [0.25, 0.3) is 0 Å². The summed E-state index contributed by atoms with van der Waals surface area (Å²) in [5.41, 5.74) is 1.20. The van der Waals surface area contributed by atoms with Crippen molar-refractivity contribution in [1.82, 2.24) is 0 Å². The van der Waals surface area contributed by atoms with Gasteiger partial charge in [-0.1, -0.05) is 18.2 Å². The predicted octanol–water partition coefficient (Wildman–Crippen LogP) is 3.47. The van der Waals surface area contributed by atoms with Crippen molar-refractivity contribution in [3.05, 3.63) is 60.2 Å². The van der Waals surface area contributed by atoms with Crippen LogP contribution in [0.5, 0.6) is 5.75 Å². The molecule has 0 heterocycles. The van der Waals surface area contributed by atoms with Gasteiger partial charge < -0.3 is 4.74 Å². The fourth-order valence-corrected chi connectivity index (χ4v) is 1.45. The molecule has 0 amide bonds. The summed E-state index contributed by atoms with van der Waals surface area (Å²) in [5.74, 6) is 0.134. The highest BCUT2D eigenvalue weighted by molar-refractivity contribution is 6.23. The number of ether oxygens (including phenoxy) is 1. The number of carbonyl (C=O) groups excluding carboxylic acids is 1. The second kappa shape index (κ2) is 5.37. The smallest absolute Gasteiger partial charge is 0.343 e. The third-order valence-electron chi connectivity index (χ3n) is 2.18. The number of hydrogen-bond donors (Lipinski definition) is 1. The van der Waals surface area contributed by atoms with Crippen LogP contribution in [0.2, 0.25) is 0 Å². The Morgan fingerprint density at radius 2 is 1.65 bits per heavy atom.